The first-order valence-corrected chi connectivity index (χ1v) is 19.3. The molecule has 2 heterocycles. The van der Waals surface area contributed by atoms with E-state index in [0.717, 1.165) is 40.4 Å². The van der Waals surface area contributed by atoms with E-state index in [1.165, 1.54) is 0 Å². The second kappa shape index (κ2) is 17.0. The number of anilines is 1. The summed E-state index contributed by atoms with van der Waals surface area (Å²) < 4.78 is 60.8. The number of phosphoric acid groups is 1. The van der Waals surface area contributed by atoms with Crippen LogP contribution in [0.25, 0.3) is 0 Å². The van der Waals surface area contributed by atoms with E-state index < -0.39 is 89.4 Å². The molecule has 0 aliphatic carbocycles. The molecule has 0 spiro atoms. The van der Waals surface area contributed by atoms with E-state index >= 15 is 4.39 Å². The van der Waals surface area contributed by atoms with Crippen molar-refractivity contribution in [2.45, 2.75) is 123 Å². The van der Waals surface area contributed by atoms with Gasteiger partial charge in [0, 0.05) is 17.4 Å². The number of carbonyl (C=O) groups excluding carboxylic acids is 4. The third kappa shape index (κ3) is 14.7. The van der Waals surface area contributed by atoms with Gasteiger partial charge in [0.25, 0.3) is 0 Å². The van der Waals surface area contributed by atoms with E-state index in [0.29, 0.717) is 4.90 Å². The summed E-state index contributed by atoms with van der Waals surface area (Å²) in [6, 6.07) is 1.09. The minimum Gasteiger partial charge on any atom is -0.443 e. The fourth-order valence-electron chi connectivity index (χ4n) is 3.89. The number of phosphoric ester groups is 1. The van der Waals surface area contributed by atoms with E-state index in [4.69, 9.17) is 28.0 Å². The molecule has 1 unspecified atom stereocenters. The van der Waals surface area contributed by atoms with Gasteiger partial charge in [-0.05, 0) is 68.4 Å². The zero-order valence-corrected chi connectivity index (χ0v) is 33.4. The molecular weight excluding hydrogens is 736 g/mol. The number of hydrogen-bond donors (Lipinski definition) is 1. The first kappa shape index (κ1) is 44.5. The van der Waals surface area contributed by atoms with E-state index in [2.05, 4.69) is 4.98 Å². The van der Waals surface area contributed by atoms with E-state index in [9.17, 15) is 33.4 Å². The Hall–Kier alpha value is -2.70. The van der Waals surface area contributed by atoms with Crippen LogP contribution in [-0.4, -0.2) is 91.2 Å². The predicted octanol–water partition coefficient (Wildman–Crippen LogP) is 6.63. The van der Waals surface area contributed by atoms with Crippen molar-refractivity contribution in [1.82, 2.24) is 9.55 Å². The summed E-state index contributed by atoms with van der Waals surface area (Å²) in [6.45, 7) is 18.3. The number of alkyl halides is 1. The average Bonchev–Trinajstić information content (AvgIpc) is 3.21. The Morgan fingerprint density at radius 3 is 1.94 bits per heavy atom. The standard InChI is InChI=1S/C31H49FN3O13PS2/c1-28(2,3)23(36)50-16-15-43-49(41,42)44-17-18-21(45-27(40)48-31(10,11)12)20(32)22(51-18)34-14-13-19(33-24(34)37)35(25(38)46-29(4,5)6)26(39)47-30(7,8)9/h13-14,18,20-22H,15-17H2,1-12H3,(H,41,42)/t18-,20+,21-,22-/m1/s1. The van der Waals surface area contributed by atoms with Crippen molar-refractivity contribution >= 4 is 60.6 Å². The Morgan fingerprint density at radius 1 is 0.941 bits per heavy atom. The lowest BCUT2D eigenvalue weighted by molar-refractivity contribution is -0.117. The molecule has 1 aliphatic heterocycles. The number of hydrogen-bond acceptors (Lipinski definition) is 15. The van der Waals surface area contributed by atoms with Crippen LogP contribution in [0.1, 0.15) is 88.5 Å². The molecule has 0 radical (unpaired) electrons. The predicted molar refractivity (Wildman–Crippen MR) is 189 cm³/mol. The molecule has 1 N–H and O–H groups in total. The molecule has 1 fully saturated rings. The fraction of sp³-hybridized carbons (Fsp3) is 0.742. The first-order chi connectivity index (χ1) is 23.0. The van der Waals surface area contributed by atoms with Crippen LogP contribution in [0.5, 0.6) is 0 Å². The smallest absolute Gasteiger partial charge is 0.443 e. The number of aromatic nitrogens is 2. The molecule has 2 amide bonds. The van der Waals surface area contributed by atoms with Crippen LogP contribution < -0.4 is 10.6 Å². The minimum atomic E-state index is -4.73. The number of halogens is 1. The van der Waals surface area contributed by atoms with Crippen molar-refractivity contribution in [3.05, 3.63) is 22.7 Å². The lowest BCUT2D eigenvalue weighted by atomic mass is 10.00. The van der Waals surface area contributed by atoms with Crippen LogP contribution in [0.4, 0.5) is 24.6 Å². The highest BCUT2D eigenvalue weighted by atomic mass is 32.2. The molecule has 0 aromatic carbocycles. The zero-order valence-electron chi connectivity index (χ0n) is 30.9. The van der Waals surface area contributed by atoms with Crippen LogP contribution in [0.3, 0.4) is 0 Å². The summed E-state index contributed by atoms with van der Waals surface area (Å²) in [5, 5.41) is -2.76. The van der Waals surface area contributed by atoms with Gasteiger partial charge in [0.2, 0.25) is 0 Å². The third-order valence-electron chi connectivity index (χ3n) is 5.94. The Balaban J connectivity index is 2.36. The topological polar surface area (TPSA) is 199 Å². The molecule has 1 aromatic heterocycles. The highest BCUT2D eigenvalue weighted by molar-refractivity contribution is 8.13. The molecule has 1 aromatic rings. The maximum absolute atomic E-state index is 16.1. The molecule has 2 rings (SSSR count). The largest absolute Gasteiger partial charge is 0.509 e. The molecule has 0 saturated carbocycles. The number of ether oxygens (including phenoxy) is 4. The monoisotopic (exact) mass is 785 g/mol. The Labute approximate surface area is 305 Å². The van der Waals surface area contributed by atoms with E-state index in [1.54, 1.807) is 83.1 Å². The van der Waals surface area contributed by atoms with Gasteiger partial charge in [0.05, 0.1) is 18.5 Å². The van der Waals surface area contributed by atoms with Crippen molar-refractivity contribution in [3.63, 3.8) is 0 Å². The number of amides is 2. The maximum atomic E-state index is 16.1. The highest BCUT2D eigenvalue weighted by Crippen LogP contribution is 2.49. The number of rotatable bonds is 10. The van der Waals surface area contributed by atoms with Crippen molar-refractivity contribution in [3.8, 4) is 0 Å². The molecule has 20 heteroatoms. The van der Waals surface area contributed by atoms with Crippen molar-refractivity contribution in [1.29, 1.82) is 0 Å². The van der Waals surface area contributed by atoms with Gasteiger partial charge < -0.3 is 23.8 Å². The average molecular weight is 786 g/mol. The molecule has 1 saturated heterocycles. The maximum Gasteiger partial charge on any atom is 0.509 e. The SMILES string of the molecule is CC(C)(C)OC(=O)O[C@H]1[C@H](F)[C@H](n2ccc(N(C(=O)OC(C)(C)C)C(=O)OC(C)(C)C)nc2=O)S[C@@H]1COP(=O)(O)OCCSC(=O)C(C)(C)C. The van der Waals surface area contributed by atoms with Gasteiger partial charge in [-0.15, -0.1) is 11.8 Å². The summed E-state index contributed by atoms with van der Waals surface area (Å²) in [5.74, 6) is -0.410. The number of carbonyl (C=O) groups is 4. The normalized spacial score (nSPS) is 21.0. The minimum absolute atomic E-state index is 0.0619. The van der Waals surface area contributed by atoms with Gasteiger partial charge in [-0.3, -0.25) is 18.4 Å². The molecule has 16 nitrogen and oxygen atoms in total. The quantitative estimate of drug-likeness (QED) is 0.115. The number of imide groups is 1. The van der Waals surface area contributed by atoms with Crippen LogP contribution >= 0.6 is 31.3 Å². The molecule has 5 atom stereocenters. The van der Waals surface area contributed by atoms with Crippen LogP contribution in [0.15, 0.2) is 17.1 Å². The Kier molecular flexibility index (Phi) is 14.8. The van der Waals surface area contributed by atoms with Crippen molar-refractivity contribution in [2.24, 2.45) is 5.41 Å². The summed E-state index contributed by atoms with van der Waals surface area (Å²) >= 11 is 1.65. The van der Waals surface area contributed by atoms with Crippen LogP contribution in [-0.2, 0) is 37.4 Å². The lowest BCUT2D eigenvalue weighted by Gasteiger charge is -2.28. The van der Waals surface area contributed by atoms with Gasteiger partial charge in [-0.2, -0.15) is 9.88 Å². The van der Waals surface area contributed by atoms with E-state index in [-0.39, 0.29) is 17.5 Å². The zero-order chi connectivity index (χ0) is 39.3. The third-order valence-corrected chi connectivity index (χ3v) is 9.69. The van der Waals surface area contributed by atoms with Crippen molar-refractivity contribution < 1.29 is 61.0 Å². The van der Waals surface area contributed by atoms with Crippen LogP contribution in [0, 0.1) is 5.41 Å². The van der Waals surface area contributed by atoms with Gasteiger partial charge in [-0.1, -0.05) is 32.5 Å². The van der Waals surface area contributed by atoms with Gasteiger partial charge >= 0.3 is 31.9 Å². The van der Waals surface area contributed by atoms with Gasteiger partial charge in [-0.25, -0.2) is 28.1 Å². The van der Waals surface area contributed by atoms with Crippen LogP contribution in [0.2, 0.25) is 0 Å². The molecule has 290 valence electrons. The number of nitrogens with zero attached hydrogens (tertiary/aromatic N) is 3. The number of thioether (sulfide) groups is 2. The Bertz CT molecular complexity index is 1500. The molecule has 0 bridgehead atoms. The Morgan fingerprint density at radius 2 is 1.47 bits per heavy atom. The second-order valence-electron chi connectivity index (χ2n) is 15.3. The van der Waals surface area contributed by atoms with Crippen molar-refractivity contribution in [2.75, 3.05) is 23.9 Å². The van der Waals surface area contributed by atoms with E-state index in [1.807, 2.05) is 0 Å². The molecular formula is C31H49FN3O13PS2. The summed E-state index contributed by atoms with van der Waals surface area (Å²) in [5.41, 5.74) is -4.82. The summed E-state index contributed by atoms with van der Waals surface area (Å²) in [6.07, 6.45) is -6.30. The summed E-state index contributed by atoms with van der Waals surface area (Å²) in [7, 11) is -4.73. The van der Waals surface area contributed by atoms with Gasteiger partial charge in [0.1, 0.15) is 22.2 Å². The fourth-order valence-corrected chi connectivity index (χ4v) is 7.10. The summed E-state index contributed by atoms with van der Waals surface area (Å²) in [4.78, 5) is 78.6. The second-order valence-corrected chi connectivity index (χ2v) is 19.2. The first-order valence-electron chi connectivity index (χ1n) is 15.8. The molecule has 51 heavy (non-hydrogen) atoms. The highest BCUT2D eigenvalue weighted by Gasteiger charge is 2.50. The lowest BCUT2D eigenvalue weighted by Crippen LogP contribution is -2.45. The molecule has 1 aliphatic rings. The van der Waals surface area contributed by atoms with Gasteiger partial charge in [0.15, 0.2) is 23.2 Å².